The van der Waals surface area contributed by atoms with Gasteiger partial charge in [0.25, 0.3) is 11.8 Å². The van der Waals surface area contributed by atoms with Crippen molar-refractivity contribution in [1.29, 1.82) is 0 Å². The number of rotatable bonds is 3. The van der Waals surface area contributed by atoms with Crippen LogP contribution >= 0.6 is 11.6 Å². The fourth-order valence-electron chi connectivity index (χ4n) is 4.05. The van der Waals surface area contributed by atoms with Gasteiger partial charge in [0, 0.05) is 49.4 Å². The molecule has 2 heterocycles. The summed E-state index contributed by atoms with van der Waals surface area (Å²) in [5.74, 6) is -3.22. The number of benzene rings is 1. The minimum Gasteiger partial charge on any atom is -0.343 e. The molecule has 30 heavy (non-hydrogen) atoms. The van der Waals surface area contributed by atoms with E-state index in [1.165, 1.54) is 17.2 Å². The molecule has 4 rings (SSSR count). The number of nitrogens with zero attached hydrogens (tertiary/aromatic N) is 5. The second kappa shape index (κ2) is 7.28. The van der Waals surface area contributed by atoms with Gasteiger partial charge in [0.05, 0.1) is 0 Å². The quantitative estimate of drug-likeness (QED) is 0.579. The largest absolute Gasteiger partial charge is 0.343 e. The third-order valence-corrected chi connectivity index (χ3v) is 5.72. The lowest BCUT2D eigenvalue weighted by Gasteiger charge is -2.35. The average Bonchev–Trinajstić information content (AvgIpc) is 3.05. The summed E-state index contributed by atoms with van der Waals surface area (Å²) in [6.45, 7) is 0. The number of alkyl halides is 2. The summed E-state index contributed by atoms with van der Waals surface area (Å²) < 4.78 is 31.3. The van der Waals surface area contributed by atoms with Crippen LogP contribution in [-0.4, -0.2) is 58.4 Å². The monoisotopic (exact) mass is 433 g/mol. The molecule has 3 aromatic rings. The Morgan fingerprint density at radius 3 is 2.63 bits per heavy atom. The lowest BCUT2D eigenvalue weighted by molar-refractivity contribution is -0.0322. The van der Waals surface area contributed by atoms with Crippen molar-refractivity contribution in [3.8, 4) is 5.69 Å². The number of carbonyl (C=O) groups is 1. The summed E-state index contributed by atoms with van der Waals surface area (Å²) in [7, 11) is 7.04. The molecule has 158 valence electrons. The van der Waals surface area contributed by atoms with E-state index in [0.717, 1.165) is 0 Å². The molecule has 0 saturated heterocycles. The summed E-state index contributed by atoms with van der Waals surface area (Å²) in [6.07, 6.45) is 1.67. The molecular formula is C21H22ClF2N5O. The van der Waals surface area contributed by atoms with Crippen LogP contribution in [-0.2, 0) is 5.92 Å². The Morgan fingerprint density at radius 1 is 1.23 bits per heavy atom. The first-order valence-corrected chi connectivity index (χ1v) is 9.92. The topological polar surface area (TPSA) is 54.3 Å². The Bertz CT molecular complexity index is 1140. The molecule has 1 aliphatic rings. The van der Waals surface area contributed by atoms with Gasteiger partial charge in [0.2, 0.25) is 5.28 Å². The van der Waals surface area contributed by atoms with Crippen LogP contribution in [0.3, 0.4) is 0 Å². The van der Waals surface area contributed by atoms with Gasteiger partial charge in [-0.3, -0.25) is 9.36 Å². The maximum absolute atomic E-state index is 14.9. The Labute approximate surface area is 178 Å². The predicted molar refractivity (Wildman–Crippen MR) is 111 cm³/mol. The zero-order valence-corrected chi connectivity index (χ0v) is 17.9. The molecule has 9 heteroatoms. The first-order chi connectivity index (χ1) is 14.1. The van der Waals surface area contributed by atoms with Crippen molar-refractivity contribution in [3.63, 3.8) is 0 Å². The van der Waals surface area contributed by atoms with Crippen molar-refractivity contribution < 1.29 is 13.6 Å². The van der Waals surface area contributed by atoms with Gasteiger partial charge < -0.3 is 9.80 Å². The molecule has 0 N–H and O–H groups in total. The van der Waals surface area contributed by atoms with E-state index in [4.69, 9.17) is 11.6 Å². The van der Waals surface area contributed by atoms with Crippen molar-refractivity contribution in [1.82, 2.24) is 24.3 Å². The Hall–Kier alpha value is -2.58. The maximum atomic E-state index is 14.9. The Balaban J connectivity index is 1.98. The molecule has 1 unspecified atom stereocenters. The summed E-state index contributed by atoms with van der Waals surface area (Å²) in [5, 5.41) is 0.613. The van der Waals surface area contributed by atoms with Gasteiger partial charge in [0.1, 0.15) is 11.3 Å². The molecule has 1 atom stereocenters. The van der Waals surface area contributed by atoms with E-state index < -0.39 is 5.92 Å². The van der Waals surface area contributed by atoms with Crippen molar-refractivity contribution in [3.05, 3.63) is 52.6 Å². The van der Waals surface area contributed by atoms with E-state index in [1.54, 1.807) is 36.9 Å². The normalized spacial score (nSPS) is 17.9. The standard InChI is InChI=1S/C21H22ClF2N5O/c1-27(2)16-7-8-21(23,24)15-10-13(5-6-14(15)16)29-17(19(30)28(3)4)9-12-11-25-20(22)26-18(12)29/h5-6,9-11,16H,7-8H2,1-4H3. The molecule has 0 aliphatic heterocycles. The van der Waals surface area contributed by atoms with Crippen LogP contribution in [0.5, 0.6) is 0 Å². The van der Waals surface area contributed by atoms with E-state index in [9.17, 15) is 13.6 Å². The molecule has 1 aromatic carbocycles. The van der Waals surface area contributed by atoms with Crippen LogP contribution in [0.4, 0.5) is 8.78 Å². The number of hydrogen-bond acceptors (Lipinski definition) is 4. The number of amides is 1. The van der Waals surface area contributed by atoms with Crippen LogP contribution in [0.25, 0.3) is 16.7 Å². The first kappa shape index (κ1) is 20.7. The van der Waals surface area contributed by atoms with E-state index >= 15 is 0 Å². The zero-order chi connectivity index (χ0) is 21.8. The van der Waals surface area contributed by atoms with Crippen LogP contribution in [0.15, 0.2) is 30.5 Å². The highest BCUT2D eigenvalue weighted by Crippen LogP contribution is 2.46. The van der Waals surface area contributed by atoms with Gasteiger partial charge in [-0.2, -0.15) is 4.98 Å². The van der Waals surface area contributed by atoms with Gasteiger partial charge in [0.15, 0.2) is 0 Å². The van der Waals surface area contributed by atoms with Crippen molar-refractivity contribution in [2.24, 2.45) is 0 Å². The lowest BCUT2D eigenvalue weighted by atomic mass is 9.84. The van der Waals surface area contributed by atoms with Crippen molar-refractivity contribution in [2.45, 2.75) is 24.8 Å². The van der Waals surface area contributed by atoms with Gasteiger partial charge in [-0.15, -0.1) is 0 Å². The smallest absolute Gasteiger partial charge is 0.273 e. The average molecular weight is 434 g/mol. The summed E-state index contributed by atoms with van der Waals surface area (Å²) in [4.78, 5) is 24.4. The Morgan fingerprint density at radius 2 is 1.97 bits per heavy atom. The highest BCUT2D eigenvalue weighted by molar-refractivity contribution is 6.28. The van der Waals surface area contributed by atoms with E-state index in [0.29, 0.717) is 34.4 Å². The van der Waals surface area contributed by atoms with Gasteiger partial charge >= 0.3 is 0 Å². The summed E-state index contributed by atoms with van der Waals surface area (Å²) in [5.41, 5.74) is 1.71. The second-order valence-corrected chi connectivity index (χ2v) is 8.31. The molecule has 0 fully saturated rings. The lowest BCUT2D eigenvalue weighted by Crippen LogP contribution is -2.31. The van der Waals surface area contributed by atoms with E-state index in [-0.39, 0.29) is 29.2 Å². The SMILES string of the molecule is CN(C)C(=O)c1cc2cnc(Cl)nc2n1-c1ccc2c(c1)C(F)(F)CCC2N(C)C. The van der Waals surface area contributed by atoms with Gasteiger partial charge in [-0.05, 0) is 55.9 Å². The highest BCUT2D eigenvalue weighted by Gasteiger charge is 2.41. The zero-order valence-electron chi connectivity index (χ0n) is 17.2. The van der Waals surface area contributed by atoms with Crippen LogP contribution in [0.2, 0.25) is 5.28 Å². The minimum atomic E-state index is -2.95. The molecule has 1 aliphatic carbocycles. The van der Waals surface area contributed by atoms with Crippen molar-refractivity contribution >= 4 is 28.5 Å². The van der Waals surface area contributed by atoms with Crippen LogP contribution in [0, 0.1) is 0 Å². The third-order valence-electron chi connectivity index (χ3n) is 5.54. The van der Waals surface area contributed by atoms with Crippen LogP contribution in [0.1, 0.15) is 40.5 Å². The molecule has 0 radical (unpaired) electrons. The van der Waals surface area contributed by atoms with Crippen molar-refractivity contribution in [2.75, 3.05) is 28.2 Å². The molecule has 0 spiro atoms. The third kappa shape index (κ3) is 3.33. The molecule has 0 saturated carbocycles. The maximum Gasteiger partial charge on any atom is 0.273 e. The van der Waals surface area contributed by atoms with E-state index in [2.05, 4.69) is 9.97 Å². The Kier molecular flexibility index (Phi) is 5.02. The second-order valence-electron chi connectivity index (χ2n) is 7.98. The van der Waals surface area contributed by atoms with Gasteiger partial charge in [-0.25, -0.2) is 13.8 Å². The van der Waals surface area contributed by atoms with Crippen LogP contribution < -0.4 is 0 Å². The molecule has 2 aromatic heterocycles. The molecular weight excluding hydrogens is 412 g/mol. The highest BCUT2D eigenvalue weighted by atomic mass is 35.5. The summed E-state index contributed by atoms with van der Waals surface area (Å²) >= 11 is 5.99. The molecule has 0 bridgehead atoms. The number of carbonyl (C=O) groups excluding carboxylic acids is 1. The number of halogens is 3. The summed E-state index contributed by atoms with van der Waals surface area (Å²) in [6, 6.07) is 6.50. The first-order valence-electron chi connectivity index (χ1n) is 9.55. The molecule has 1 amide bonds. The number of aromatic nitrogens is 3. The van der Waals surface area contributed by atoms with Gasteiger partial charge in [-0.1, -0.05) is 6.07 Å². The van der Waals surface area contributed by atoms with E-state index in [1.807, 2.05) is 19.0 Å². The molecule has 6 nitrogen and oxygen atoms in total. The minimum absolute atomic E-state index is 0.0154. The predicted octanol–water partition coefficient (Wildman–Crippen LogP) is 4.26. The number of fused-ring (bicyclic) bond motifs is 2. The fraction of sp³-hybridized carbons (Fsp3) is 0.381. The fourth-order valence-corrected chi connectivity index (χ4v) is 4.18. The number of hydrogen-bond donors (Lipinski definition) is 0.